The highest BCUT2D eigenvalue weighted by Gasteiger charge is 2.58. The molecule has 1 fully saturated rings. The van der Waals surface area contributed by atoms with Gasteiger partial charge in [0.15, 0.2) is 0 Å². The summed E-state index contributed by atoms with van der Waals surface area (Å²) in [6.07, 6.45) is 0.684. The van der Waals surface area contributed by atoms with E-state index in [2.05, 4.69) is 6.07 Å². The van der Waals surface area contributed by atoms with Crippen molar-refractivity contribution in [1.29, 1.82) is 0 Å². The summed E-state index contributed by atoms with van der Waals surface area (Å²) in [5, 5.41) is 0. The lowest BCUT2D eigenvalue weighted by Gasteiger charge is -2.08. The summed E-state index contributed by atoms with van der Waals surface area (Å²) < 4.78 is 4.70. The molecule has 0 saturated heterocycles. The van der Waals surface area contributed by atoms with E-state index in [-0.39, 0.29) is 11.9 Å². The molecule has 0 bridgehead atoms. The van der Waals surface area contributed by atoms with Gasteiger partial charge < -0.3 is 10.5 Å². The van der Waals surface area contributed by atoms with Crippen LogP contribution in [0.2, 0.25) is 0 Å². The number of hydrogen-bond donors (Lipinski definition) is 1. The Morgan fingerprint density at radius 2 is 2.33 bits per heavy atom. The first-order valence-corrected chi connectivity index (χ1v) is 5.02. The summed E-state index contributed by atoms with van der Waals surface area (Å²) in [5.74, 6) is -0.196. The third-order valence-electron chi connectivity index (χ3n) is 3.01. The van der Waals surface area contributed by atoms with Gasteiger partial charge in [-0.2, -0.15) is 0 Å². The van der Waals surface area contributed by atoms with E-state index in [1.165, 1.54) is 12.7 Å². The smallest absolute Gasteiger partial charge is 0.326 e. The van der Waals surface area contributed by atoms with Gasteiger partial charge in [-0.15, -0.1) is 0 Å². The first-order chi connectivity index (χ1) is 7.08. The maximum absolute atomic E-state index is 11.4. The minimum atomic E-state index is -0.789. The Bertz CT molecular complexity index is 402. The zero-order valence-corrected chi connectivity index (χ0v) is 8.99. The van der Waals surface area contributed by atoms with Crippen LogP contribution in [0.1, 0.15) is 23.5 Å². The molecule has 0 spiro atoms. The Hall–Kier alpha value is -1.35. The lowest BCUT2D eigenvalue weighted by molar-refractivity contribution is -0.143. The number of rotatable bonds is 2. The van der Waals surface area contributed by atoms with Crippen molar-refractivity contribution < 1.29 is 9.53 Å². The number of carbonyl (C=O) groups is 1. The van der Waals surface area contributed by atoms with Crippen molar-refractivity contribution in [1.82, 2.24) is 0 Å². The fourth-order valence-corrected chi connectivity index (χ4v) is 2.00. The molecule has 0 radical (unpaired) electrons. The lowest BCUT2D eigenvalue weighted by Crippen LogP contribution is -2.35. The van der Waals surface area contributed by atoms with E-state index in [9.17, 15) is 4.79 Å². The summed E-state index contributed by atoms with van der Waals surface area (Å²) in [5.41, 5.74) is 7.48. The van der Waals surface area contributed by atoms with Crippen LogP contribution >= 0.6 is 0 Å². The average molecular weight is 205 g/mol. The van der Waals surface area contributed by atoms with E-state index in [0.29, 0.717) is 6.42 Å². The standard InChI is InChI=1S/C12H15NO2/c1-8-4-3-5-9(6-8)10-7-12(10,13)11(14)15-2/h3-6,10H,7,13H2,1-2H3. The highest BCUT2D eigenvalue weighted by Crippen LogP contribution is 2.50. The van der Waals surface area contributed by atoms with Crippen molar-refractivity contribution >= 4 is 5.97 Å². The molecule has 3 nitrogen and oxygen atoms in total. The molecule has 1 aromatic rings. The van der Waals surface area contributed by atoms with Crippen LogP contribution < -0.4 is 5.73 Å². The van der Waals surface area contributed by atoms with Crippen molar-refractivity contribution in [3.63, 3.8) is 0 Å². The first-order valence-electron chi connectivity index (χ1n) is 5.02. The Kier molecular flexibility index (Phi) is 2.27. The maximum Gasteiger partial charge on any atom is 0.326 e. The lowest BCUT2D eigenvalue weighted by atomic mass is 10.0. The summed E-state index contributed by atoms with van der Waals surface area (Å²) >= 11 is 0. The molecule has 2 unspecified atom stereocenters. The second kappa shape index (κ2) is 3.35. The van der Waals surface area contributed by atoms with E-state index in [0.717, 1.165) is 5.56 Å². The summed E-state index contributed by atoms with van der Waals surface area (Å²) in [4.78, 5) is 11.4. The Balaban J connectivity index is 2.20. The molecule has 1 saturated carbocycles. The van der Waals surface area contributed by atoms with Crippen LogP contribution in [0.25, 0.3) is 0 Å². The monoisotopic (exact) mass is 205 g/mol. The number of benzene rings is 1. The van der Waals surface area contributed by atoms with E-state index >= 15 is 0 Å². The van der Waals surface area contributed by atoms with E-state index in [1.54, 1.807) is 0 Å². The number of hydrogen-bond acceptors (Lipinski definition) is 3. The highest BCUT2D eigenvalue weighted by atomic mass is 16.5. The zero-order chi connectivity index (χ0) is 11.1. The van der Waals surface area contributed by atoms with Crippen molar-refractivity contribution in [3.8, 4) is 0 Å². The van der Waals surface area contributed by atoms with Crippen LogP contribution in [0.4, 0.5) is 0 Å². The molecule has 1 aliphatic carbocycles. The SMILES string of the molecule is COC(=O)C1(N)CC1c1cccc(C)c1. The molecule has 0 heterocycles. The largest absolute Gasteiger partial charge is 0.468 e. The molecule has 2 atom stereocenters. The minimum Gasteiger partial charge on any atom is -0.468 e. The number of carbonyl (C=O) groups excluding carboxylic acids is 1. The molecular formula is C12H15NO2. The van der Waals surface area contributed by atoms with Gasteiger partial charge in [-0.3, -0.25) is 4.79 Å². The summed E-state index contributed by atoms with van der Waals surface area (Å²) in [6, 6.07) is 8.10. The number of aryl methyl sites for hydroxylation is 1. The molecule has 1 aliphatic rings. The van der Waals surface area contributed by atoms with Gasteiger partial charge >= 0.3 is 5.97 Å². The molecule has 1 aromatic carbocycles. The van der Waals surface area contributed by atoms with Crippen LogP contribution in [-0.4, -0.2) is 18.6 Å². The van der Waals surface area contributed by atoms with Gasteiger partial charge in [0.05, 0.1) is 7.11 Å². The molecule has 80 valence electrons. The maximum atomic E-state index is 11.4. The Morgan fingerprint density at radius 1 is 1.60 bits per heavy atom. The van der Waals surface area contributed by atoms with Crippen LogP contribution in [-0.2, 0) is 9.53 Å². The molecule has 2 rings (SSSR count). The molecule has 0 aromatic heterocycles. The third-order valence-corrected chi connectivity index (χ3v) is 3.01. The number of methoxy groups -OCH3 is 1. The van der Waals surface area contributed by atoms with Crippen LogP contribution in [0.3, 0.4) is 0 Å². The van der Waals surface area contributed by atoms with E-state index in [1.807, 2.05) is 25.1 Å². The number of ether oxygens (including phenoxy) is 1. The number of esters is 1. The summed E-state index contributed by atoms with van der Waals surface area (Å²) in [6.45, 7) is 2.03. The van der Waals surface area contributed by atoms with E-state index in [4.69, 9.17) is 10.5 Å². The van der Waals surface area contributed by atoms with E-state index < -0.39 is 5.54 Å². The molecule has 0 amide bonds. The van der Waals surface area contributed by atoms with Crippen molar-refractivity contribution in [2.45, 2.75) is 24.8 Å². The Morgan fingerprint density at radius 3 is 2.93 bits per heavy atom. The highest BCUT2D eigenvalue weighted by molar-refractivity contribution is 5.86. The van der Waals surface area contributed by atoms with Gasteiger partial charge in [-0.25, -0.2) is 0 Å². The Labute approximate surface area is 89.2 Å². The van der Waals surface area contributed by atoms with Crippen molar-refractivity contribution in [2.24, 2.45) is 5.73 Å². The van der Waals surface area contributed by atoms with Crippen molar-refractivity contribution in [2.75, 3.05) is 7.11 Å². The minimum absolute atomic E-state index is 0.116. The number of nitrogens with two attached hydrogens (primary N) is 1. The van der Waals surface area contributed by atoms with Gasteiger partial charge in [-0.1, -0.05) is 29.8 Å². The van der Waals surface area contributed by atoms with Crippen LogP contribution in [0.5, 0.6) is 0 Å². The van der Waals surface area contributed by atoms with Crippen LogP contribution in [0, 0.1) is 6.92 Å². The molecule has 15 heavy (non-hydrogen) atoms. The van der Waals surface area contributed by atoms with Crippen molar-refractivity contribution in [3.05, 3.63) is 35.4 Å². The average Bonchev–Trinajstić information content (AvgIpc) is 2.91. The fourth-order valence-electron chi connectivity index (χ4n) is 2.00. The second-order valence-corrected chi connectivity index (χ2v) is 4.20. The normalized spacial score (nSPS) is 28.6. The van der Waals surface area contributed by atoms with Gasteiger partial charge in [-0.05, 0) is 18.9 Å². The summed E-state index contributed by atoms with van der Waals surface area (Å²) in [7, 11) is 1.38. The first kappa shape index (κ1) is 10.2. The second-order valence-electron chi connectivity index (χ2n) is 4.20. The predicted octanol–water partition coefficient (Wildman–Crippen LogP) is 1.35. The molecule has 2 N–H and O–H groups in total. The quantitative estimate of drug-likeness (QED) is 0.741. The van der Waals surface area contributed by atoms with Crippen LogP contribution in [0.15, 0.2) is 24.3 Å². The molecule has 0 aliphatic heterocycles. The predicted molar refractivity (Wildman–Crippen MR) is 57.5 cm³/mol. The topological polar surface area (TPSA) is 52.3 Å². The molecular weight excluding hydrogens is 190 g/mol. The fraction of sp³-hybridized carbons (Fsp3) is 0.417. The third kappa shape index (κ3) is 1.63. The van der Waals surface area contributed by atoms with Gasteiger partial charge in [0, 0.05) is 5.92 Å². The zero-order valence-electron chi connectivity index (χ0n) is 8.99. The van der Waals surface area contributed by atoms with Gasteiger partial charge in [0.1, 0.15) is 5.54 Å². The van der Waals surface area contributed by atoms with Gasteiger partial charge in [0.25, 0.3) is 0 Å². The molecule has 3 heteroatoms. The van der Waals surface area contributed by atoms with Gasteiger partial charge in [0.2, 0.25) is 0 Å².